The molecule has 3 aromatic carbocycles. The van der Waals surface area contributed by atoms with Gasteiger partial charge in [0.2, 0.25) is 0 Å². The van der Waals surface area contributed by atoms with Crippen LogP contribution in [0.4, 0.5) is 0 Å². The van der Waals surface area contributed by atoms with Crippen molar-refractivity contribution in [3.63, 3.8) is 0 Å². The molecule has 1 atom stereocenters. The van der Waals surface area contributed by atoms with Crippen LogP contribution >= 0.6 is 0 Å². The van der Waals surface area contributed by atoms with Crippen LogP contribution in [-0.2, 0) is 6.42 Å². The molecule has 2 nitrogen and oxygen atoms in total. The minimum Gasteiger partial charge on any atom is -0.496 e. The quantitative estimate of drug-likeness (QED) is 0.444. The Morgan fingerprint density at radius 3 is 2.57 bits per heavy atom. The van der Waals surface area contributed by atoms with Crippen LogP contribution in [-0.4, -0.2) is 7.11 Å². The van der Waals surface area contributed by atoms with E-state index in [9.17, 15) is 0 Å². The maximum Gasteiger partial charge on any atom is 0.151 e. The van der Waals surface area contributed by atoms with Gasteiger partial charge in [-0.2, -0.15) is 0 Å². The van der Waals surface area contributed by atoms with Gasteiger partial charge in [-0.15, -0.1) is 0 Å². The normalized spacial score (nSPS) is 21.6. The van der Waals surface area contributed by atoms with Gasteiger partial charge in [0.25, 0.3) is 0 Å². The lowest BCUT2D eigenvalue weighted by molar-refractivity contribution is 0.240. The molecule has 2 aliphatic carbocycles. The molecule has 2 heteroatoms. The van der Waals surface area contributed by atoms with Gasteiger partial charge in [0, 0.05) is 22.3 Å². The molecule has 0 bridgehead atoms. The fourth-order valence-electron chi connectivity index (χ4n) is 5.58. The molecule has 1 heterocycles. The lowest BCUT2D eigenvalue weighted by Gasteiger charge is -2.39. The van der Waals surface area contributed by atoms with Crippen molar-refractivity contribution < 1.29 is 9.47 Å². The minimum atomic E-state index is -0.102. The molecule has 6 rings (SSSR count). The van der Waals surface area contributed by atoms with E-state index in [1.807, 2.05) is 6.07 Å². The summed E-state index contributed by atoms with van der Waals surface area (Å²) in [5, 5.41) is 0. The van der Waals surface area contributed by atoms with E-state index in [4.69, 9.17) is 9.47 Å². The maximum absolute atomic E-state index is 6.68. The molecule has 1 unspecified atom stereocenters. The summed E-state index contributed by atoms with van der Waals surface area (Å²) in [6.45, 7) is 4.73. The number of allylic oxidation sites excluding steroid dienone is 1. The number of aryl methyl sites for hydroxylation is 1. The van der Waals surface area contributed by atoms with Crippen molar-refractivity contribution in [2.45, 2.75) is 39.2 Å². The van der Waals surface area contributed by atoms with E-state index < -0.39 is 0 Å². The van der Waals surface area contributed by atoms with Crippen LogP contribution in [0.15, 0.2) is 60.7 Å². The number of para-hydroxylation sites is 1. The average molecular weight is 395 g/mol. The first-order chi connectivity index (χ1) is 14.6. The van der Waals surface area contributed by atoms with E-state index in [1.54, 1.807) is 7.11 Å². The van der Waals surface area contributed by atoms with E-state index >= 15 is 0 Å². The standard InChI is InChI=1S/C28H26O2/c1-28(2)14-8-9-17-15-23(29-3)25-20-12-6-7-13-22(20)30-27-19-11-5-4-10-18(19)21(16-28)24(17)26(25)27/h4-7,10-13,15-16,27H,8-9,14H2,1-3H3/b21-16-. The summed E-state index contributed by atoms with van der Waals surface area (Å²) in [6, 6.07) is 19.4. The van der Waals surface area contributed by atoms with Crippen molar-refractivity contribution in [2.75, 3.05) is 7.11 Å². The fraction of sp³-hybridized carbons (Fsp3) is 0.286. The zero-order valence-electron chi connectivity index (χ0n) is 17.8. The van der Waals surface area contributed by atoms with Gasteiger partial charge in [-0.05, 0) is 59.1 Å². The second-order valence-electron chi connectivity index (χ2n) is 9.38. The van der Waals surface area contributed by atoms with E-state index in [1.165, 1.54) is 51.8 Å². The third kappa shape index (κ3) is 2.43. The van der Waals surface area contributed by atoms with Crippen LogP contribution in [0.2, 0.25) is 0 Å². The van der Waals surface area contributed by atoms with Gasteiger partial charge in [-0.25, -0.2) is 0 Å². The average Bonchev–Trinajstić information content (AvgIpc) is 2.75. The summed E-state index contributed by atoms with van der Waals surface area (Å²) in [5.41, 5.74) is 10.4. The topological polar surface area (TPSA) is 18.5 Å². The smallest absolute Gasteiger partial charge is 0.151 e. The minimum absolute atomic E-state index is 0.102. The lowest BCUT2D eigenvalue weighted by Crippen LogP contribution is -2.25. The van der Waals surface area contributed by atoms with Crippen LogP contribution in [0.3, 0.4) is 0 Å². The lowest BCUT2D eigenvalue weighted by atomic mass is 9.69. The summed E-state index contributed by atoms with van der Waals surface area (Å²) >= 11 is 0. The highest BCUT2D eigenvalue weighted by Gasteiger charge is 2.40. The molecule has 0 radical (unpaired) electrons. The van der Waals surface area contributed by atoms with Crippen molar-refractivity contribution in [3.8, 4) is 22.6 Å². The first-order valence-electron chi connectivity index (χ1n) is 10.9. The molecule has 0 aromatic heterocycles. The zero-order chi connectivity index (χ0) is 20.5. The van der Waals surface area contributed by atoms with Gasteiger partial charge in [0.1, 0.15) is 11.5 Å². The number of rotatable bonds is 1. The van der Waals surface area contributed by atoms with Crippen LogP contribution < -0.4 is 9.47 Å². The van der Waals surface area contributed by atoms with Crippen LogP contribution in [0.1, 0.15) is 60.6 Å². The molecule has 0 saturated carbocycles. The summed E-state index contributed by atoms with van der Waals surface area (Å²) in [6.07, 6.45) is 5.83. The van der Waals surface area contributed by atoms with Crippen molar-refractivity contribution >= 4 is 5.57 Å². The first kappa shape index (κ1) is 17.8. The van der Waals surface area contributed by atoms with E-state index in [2.05, 4.69) is 68.5 Å². The van der Waals surface area contributed by atoms with Crippen molar-refractivity contribution in [2.24, 2.45) is 5.41 Å². The predicted molar refractivity (Wildman–Crippen MR) is 121 cm³/mol. The fourth-order valence-corrected chi connectivity index (χ4v) is 5.58. The van der Waals surface area contributed by atoms with Crippen LogP contribution in [0.5, 0.6) is 11.5 Å². The summed E-state index contributed by atoms with van der Waals surface area (Å²) in [7, 11) is 1.79. The Labute approximate surface area is 178 Å². The Kier molecular flexibility index (Phi) is 3.71. The number of ether oxygens (including phenoxy) is 2. The van der Waals surface area contributed by atoms with Gasteiger partial charge < -0.3 is 9.47 Å². The summed E-state index contributed by atoms with van der Waals surface area (Å²) in [5.74, 6) is 1.89. The molecule has 30 heavy (non-hydrogen) atoms. The second-order valence-corrected chi connectivity index (χ2v) is 9.38. The second kappa shape index (κ2) is 6.25. The largest absolute Gasteiger partial charge is 0.496 e. The highest BCUT2D eigenvalue weighted by Crippen LogP contribution is 2.57. The van der Waals surface area contributed by atoms with E-state index in [0.29, 0.717) is 0 Å². The monoisotopic (exact) mass is 394 g/mol. The Morgan fingerprint density at radius 1 is 0.967 bits per heavy atom. The van der Waals surface area contributed by atoms with Gasteiger partial charge in [0.15, 0.2) is 6.10 Å². The molecular formula is C28H26O2. The number of methoxy groups -OCH3 is 1. The third-order valence-electron chi connectivity index (χ3n) is 6.90. The maximum atomic E-state index is 6.68. The van der Waals surface area contributed by atoms with Gasteiger partial charge in [-0.1, -0.05) is 62.4 Å². The molecular weight excluding hydrogens is 368 g/mol. The molecule has 0 saturated heterocycles. The summed E-state index contributed by atoms with van der Waals surface area (Å²) in [4.78, 5) is 0. The van der Waals surface area contributed by atoms with E-state index in [-0.39, 0.29) is 11.5 Å². The van der Waals surface area contributed by atoms with Crippen molar-refractivity contribution in [1.82, 2.24) is 0 Å². The Balaban J connectivity index is 1.79. The highest BCUT2D eigenvalue weighted by molar-refractivity contribution is 5.95. The zero-order valence-corrected chi connectivity index (χ0v) is 17.8. The first-order valence-corrected chi connectivity index (χ1v) is 10.9. The molecule has 1 aliphatic heterocycles. The highest BCUT2D eigenvalue weighted by atomic mass is 16.5. The Hall–Kier alpha value is -3.00. The molecule has 150 valence electrons. The predicted octanol–water partition coefficient (Wildman–Crippen LogP) is 6.95. The molecule has 0 fully saturated rings. The third-order valence-corrected chi connectivity index (χ3v) is 6.90. The van der Waals surface area contributed by atoms with Crippen molar-refractivity contribution in [1.29, 1.82) is 0 Å². The Morgan fingerprint density at radius 2 is 1.73 bits per heavy atom. The molecule has 3 aromatic rings. The molecule has 0 spiro atoms. The molecule has 0 amide bonds. The van der Waals surface area contributed by atoms with Crippen molar-refractivity contribution in [3.05, 3.63) is 88.5 Å². The number of hydrogen-bond donors (Lipinski definition) is 0. The molecule has 0 N–H and O–H groups in total. The molecule has 3 aliphatic rings. The number of benzene rings is 3. The van der Waals surface area contributed by atoms with E-state index in [0.717, 1.165) is 23.5 Å². The SMILES string of the molecule is COc1cc2c3c4c1-c1ccccc1OC4c1ccccc1/C3=C/C(C)(C)CCC2. The number of hydrogen-bond acceptors (Lipinski definition) is 2. The van der Waals surface area contributed by atoms with Gasteiger partial charge >= 0.3 is 0 Å². The van der Waals surface area contributed by atoms with Gasteiger partial charge in [0.05, 0.1) is 7.11 Å². The summed E-state index contributed by atoms with van der Waals surface area (Å²) < 4.78 is 12.6. The van der Waals surface area contributed by atoms with Crippen LogP contribution in [0, 0.1) is 5.41 Å². The Bertz CT molecular complexity index is 1220. The van der Waals surface area contributed by atoms with Gasteiger partial charge in [-0.3, -0.25) is 0 Å². The number of fused-ring (bicyclic) bond motifs is 5. The van der Waals surface area contributed by atoms with Crippen LogP contribution in [0.25, 0.3) is 16.7 Å².